The largest absolute Gasteiger partial charge is 0.481 e. The molecule has 1 saturated carbocycles. The van der Waals surface area contributed by atoms with Gasteiger partial charge in [0.1, 0.15) is 0 Å². The van der Waals surface area contributed by atoms with Gasteiger partial charge in [-0.05, 0) is 59.1 Å². The van der Waals surface area contributed by atoms with Gasteiger partial charge in [-0.15, -0.1) is 0 Å². The summed E-state index contributed by atoms with van der Waals surface area (Å²) >= 11 is 0. The molecule has 0 saturated heterocycles. The van der Waals surface area contributed by atoms with Crippen LogP contribution in [0.1, 0.15) is 36.0 Å². The van der Waals surface area contributed by atoms with E-state index in [2.05, 4.69) is 23.5 Å². The standard InChI is InChI=1S/C25H26N2O3/c26-15-16-5-3-7-17(11-16)22-13-20(12-18-8-4-9-21(18)22)25(30)27-23-10-2-1-6-19(23)14-24(28)29/h1-3,5-7,10-13,18,21H,4,8-9,14-15,26H2,(H,27,30)(H,28,29). The third-order valence-electron chi connectivity index (χ3n) is 6.04. The number of nitrogens with two attached hydrogens (primary N) is 1. The second-order valence-corrected chi connectivity index (χ2v) is 8.01. The van der Waals surface area contributed by atoms with Gasteiger partial charge in [-0.25, -0.2) is 0 Å². The minimum atomic E-state index is -0.927. The summed E-state index contributed by atoms with van der Waals surface area (Å²) in [7, 11) is 0. The molecule has 0 heterocycles. The third kappa shape index (κ3) is 4.21. The van der Waals surface area contributed by atoms with E-state index in [0.717, 1.165) is 30.4 Å². The first-order valence-corrected chi connectivity index (χ1v) is 10.4. The maximum absolute atomic E-state index is 13.1. The number of para-hydroxylation sites is 1. The van der Waals surface area contributed by atoms with Gasteiger partial charge in [0.05, 0.1) is 6.42 Å². The smallest absolute Gasteiger partial charge is 0.307 e. The zero-order chi connectivity index (χ0) is 21.1. The molecule has 2 aromatic rings. The summed E-state index contributed by atoms with van der Waals surface area (Å²) in [6.07, 6.45) is 7.30. The van der Waals surface area contributed by atoms with Crippen molar-refractivity contribution in [2.24, 2.45) is 17.6 Å². The van der Waals surface area contributed by atoms with Crippen molar-refractivity contribution >= 4 is 23.1 Å². The van der Waals surface area contributed by atoms with Gasteiger partial charge in [-0.2, -0.15) is 0 Å². The van der Waals surface area contributed by atoms with E-state index in [0.29, 0.717) is 35.2 Å². The quantitative estimate of drug-likeness (QED) is 0.677. The van der Waals surface area contributed by atoms with Gasteiger partial charge < -0.3 is 16.2 Å². The predicted octanol–water partition coefficient (Wildman–Crippen LogP) is 4.15. The molecule has 2 atom stereocenters. The van der Waals surface area contributed by atoms with E-state index in [9.17, 15) is 9.59 Å². The van der Waals surface area contributed by atoms with Crippen LogP contribution in [0.15, 0.2) is 66.3 Å². The Hall–Kier alpha value is -3.18. The number of benzene rings is 2. The van der Waals surface area contributed by atoms with Crippen LogP contribution in [0.4, 0.5) is 5.69 Å². The lowest BCUT2D eigenvalue weighted by Gasteiger charge is -2.26. The van der Waals surface area contributed by atoms with Crippen LogP contribution >= 0.6 is 0 Å². The molecule has 0 spiro atoms. The molecule has 2 unspecified atom stereocenters. The SMILES string of the molecule is NCc1cccc(C2=CC(C(=O)Nc3ccccc3CC(=O)O)=CC3CCCC23)c1. The normalized spacial score (nSPS) is 20.2. The number of fused-ring (bicyclic) bond motifs is 1. The van der Waals surface area contributed by atoms with E-state index in [4.69, 9.17) is 10.8 Å². The molecule has 1 fully saturated rings. The molecule has 2 aliphatic rings. The van der Waals surface area contributed by atoms with Gasteiger partial charge in [0.15, 0.2) is 0 Å². The van der Waals surface area contributed by atoms with Gasteiger partial charge in [0.25, 0.3) is 5.91 Å². The molecule has 2 aromatic carbocycles. The Morgan fingerprint density at radius 1 is 1.10 bits per heavy atom. The van der Waals surface area contributed by atoms with E-state index in [-0.39, 0.29) is 12.3 Å². The Kier molecular flexibility index (Phi) is 5.81. The zero-order valence-corrected chi connectivity index (χ0v) is 16.8. The summed E-state index contributed by atoms with van der Waals surface area (Å²) in [5.41, 5.74) is 11.0. The van der Waals surface area contributed by atoms with Crippen molar-refractivity contribution in [2.75, 3.05) is 5.32 Å². The average molecular weight is 402 g/mol. The lowest BCUT2D eigenvalue weighted by Crippen LogP contribution is -2.21. The van der Waals surface area contributed by atoms with Crippen molar-refractivity contribution < 1.29 is 14.7 Å². The van der Waals surface area contributed by atoms with Crippen LogP contribution in [0.5, 0.6) is 0 Å². The minimum absolute atomic E-state index is 0.132. The van der Waals surface area contributed by atoms with Gasteiger partial charge in [-0.1, -0.05) is 55.0 Å². The second-order valence-electron chi connectivity index (χ2n) is 8.01. The van der Waals surface area contributed by atoms with Crippen molar-refractivity contribution in [1.29, 1.82) is 0 Å². The number of allylic oxidation sites excluding steroid dienone is 2. The van der Waals surface area contributed by atoms with Crippen LogP contribution in [-0.2, 0) is 22.6 Å². The Morgan fingerprint density at radius 2 is 1.93 bits per heavy atom. The van der Waals surface area contributed by atoms with Crippen molar-refractivity contribution in [3.63, 3.8) is 0 Å². The number of amides is 1. The summed E-state index contributed by atoms with van der Waals surface area (Å²) < 4.78 is 0. The van der Waals surface area contributed by atoms with E-state index < -0.39 is 5.97 Å². The van der Waals surface area contributed by atoms with Crippen LogP contribution in [0.2, 0.25) is 0 Å². The van der Waals surface area contributed by atoms with Crippen LogP contribution in [-0.4, -0.2) is 17.0 Å². The van der Waals surface area contributed by atoms with Crippen LogP contribution < -0.4 is 11.1 Å². The molecule has 5 nitrogen and oxygen atoms in total. The molecule has 4 N–H and O–H groups in total. The van der Waals surface area contributed by atoms with Gasteiger partial charge >= 0.3 is 5.97 Å². The molecule has 154 valence electrons. The maximum Gasteiger partial charge on any atom is 0.307 e. The average Bonchev–Trinajstić information content (AvgIpc) is 3.23. The number of hydrogen-bond donors (Lipinski definition) is 3. The number of anilines is 1. The second kappa shape index (κ2) is 8.67. The minimum Gasteiger partial charge on any atom is -0.481 e. The number of carboxylic acid groups (broad SMARTS) is 1. The fourth-order valence-corrected chi connectivity index (χ4v) is 4.60. The molecular weight excluding hydrogens is 376 g/mol. The summed E-state index contributed by atoms with van der Waals surface area (Å²) in [6, 6.07) is 15.3. The Morgan fingerprint density at radius 3 is 2.73 bits per heavy atom. The lowest BCUT2D eigenvalue weighted by molar-refractivity contribution is -0.136. The fraction of sp³-hybridized carbons (Fsp3) is 0.280. The zero-order valence-electron chi connectivity index (χ0n) is 16.8. The first kappa shape index (κ1) is 20.1. The number of carbonyl (C=O) groups is 2. The summed E-state index contributed by atoms with van der Waals surface area (Å²) in [4.78, 5) is 24.2. The van der Waals surface area contributed by atoms with E-state index >= 15 is 0 Å². The molecule has 0 bridgehead atoms. The predicted molar refractivity (Wildman–Crippen MR) is 118 cm³/mol. The summed E-state index contributed by atoms with van der Waals surface area (Å²) in [5.74, 6) is -0.356. The first-order valence-electron chi connectivity index (χ1n) is 10.4. The van der Waals surface area contributed by atoms with Crippen molar-refractivity contribution in [1.82, 2.24) is 0 Å². The molecule has 2 aliphatic carbocycles. The number of carboxylic acids is 1. The van der Waals surface area contributed by atoms with Crippen LogP contribution in [0.25, 0.3) is 5.57 Å². The van der Waals surface area contributed by atoms with Crippen LogP contribution in [0.3, 0.4) is 0 Å². The third-order valence-corrected chi connectivity index (χ3v) is 6.04. The molecule has 0 radical (unpaired) electrons. The van der Waals surface area contributed by atoms with Gasteiger partial charge in [-0.3, -0.25) is 9.59 Å². The summed E-state index contributed by atoms with van der Waals surface area (Å²) in [6.45, 7) is 0.485. The van der Waals surface area contributed by atoms with E-state index in [1.54, 1.807) is 24.3 Å². The fourth-order valence-electron chi connectivity index (χ4n) is 4.60. The van der Waals surface area contributed by atoms with Gasteiger partial charge in [0, 0.05) is 17.8 Å². The van der Waals surface area contributed by atoms with E-state index in [1.807, 2.05) is 18.2 Å². The highest BCUT2D eigenvalue weighted by atomic mass is 16.4. The maximum atomic E-state index is 13.1. The van der Waals surface area contributed by atoms with Gasteiger partial charge in [0.2, 0.25) is 0 Å². The molecule has 4 rings (SSSR count). The van der Waals surface area contributed by atoms with Crippen LogP contribution in [0, 0.1) is 11.8 Å². The molecule has 0 aliphatic heterocycles. The molecule has 30 heavy (non-hydrogen) atoms. The lowest BCUT2D eigenvalue weighted by atomic mass is 9.78. The molecular formula is C25H26N2O3. The van der Waals surface area contributed by atoms with Crippen molar-refractivity contribution in [3.05, 3.63) is 82.9 Å². The Balaban J connectivity index is 1.64. The van der Waals surface area contributed by atoms with Crippen molar-refractivity contribution in [3.8, 4) is 0 Å². The molecule has 0 aromatic heterocycles. The summed E-state index contributed by atoms with van der Waals surface area (Å²) in [5, 5.41) is 12.1. The number of aliphatic carboxylic acids is 1. The first-order chi connectivity index (χ1) is 14.5. The number of hydrogen-bond acceptors (Lipinski definition) is 3. The monoisotopic (exact) mass is 402 g/mol. The molecule has 1 amide bonds. The highest BCUT2D eigenvalue weighted by Crippen LogP contribution is 2.45. The number of rotatable bonds is 6. The number of nitrogens with one attached hydrogen (secondary N) is 1. The Labute approximate surface area is 176 Å². The highest BCUT2D eigenvalue weighted by Gasteiger charge is 2.33. The Bertz CT molecular complexity index is 1040. The number of carbonyl (C=O) groups excluding carboxylic acids is 1. The topological polar surface area (TPSA) is 92.4 Å². The molecule has 5 heteroatoms. The highest BCUT2D eigenvalue weighted by molar-refractivity contribution is 6.08. The van der Waals surface area contributed by atoms with E-state index in [1.165, 1.54) is 5.57 Å². The van der Waals surface area contributed by atoms with Crippen molar-refractivity contribution in [2.45, 2.75) is 32.2 Å².